The number of nitrogens with zero attached hydrogens (tertiary/aromatic N) is 1. The first kappa shape index (κ1) is 17.6. The van der Waals surface area contributed by atoms with E-state index < -0.39 is 28.1 Å². The number of ether oxygens (including phenoxy) is 1. The Morgan fingerprint density at radius 3 is 2.18 bits per heavy atom. The Bertz CT molecular complexity index is 549. The molecule has 0 saturated carbocycles. The lowest BCUT2D eigenvalue weighted by molar-refractivity contribution is -0.557. The van der Waals surface area contributed by atoms with E-state index in [0.29, 0.717) is 5.56 Å². The second kappa shape index (κ2) is 6.55. The van der Waals surface area contributed by atoms with Crippen molar-refractivity contribution in [2.45, 2.75) is 45.4 Å². The van der Waals surface area contributed by atoms with Crippen LogP contribution in [0.1, 0.15) is 33.3 Å². The Labute approximate surface area is 128 Å². The van der Waals surface area contributed by atoms with Crippen LogP contribution in [0, 0.1) is 10.1 Å². The smallest absolute Gasteiger partial charge is 0.413 e. The lowest BCUT2D eigenvalue weighted by atomic mass is 9.96. The summed E-state index contributed by atoms with van der Waals surface area (Å²) in [6.45, 7) is 5.96. The van der Waals surface area contributed by atoms with Gasteiger partial charge in [-0.1, -0.05) is 30.3 Å². The number of nitrogens with one attached hydrogen (secondary N) is 1. The molecule has 0 aromatic heterocycles. The maximum absolute atomic E-state index is 11.9. The second-order valence-electron chi connectivity index (χ2n) is 5.96. The SMILES string of the molecule is CC(=O)C(Cc1ccccc1)(NC(=O)OC(C)(C)C)[N+](=O)[O-]. The van der Waals surface area contributed by atoms with Gasteiger partial charge in [0.1, 0.15) is 5.60 Å². The summed E-state index contributed by atoms with van der Waals surface area (Å²) in [5.74, 6) is -0.771. The van der Waals surface area contributed by atoms with Crippen LogP contribution in [0.3, 0.4) is 0 Å². The van der Waals surface area contributed by atoms with E-state index in [0.717, 1.165) is 6.92 Å². The molecule has 1 amide bonds. The fourth-order valence-corrected chi connectivity index (χ4v) is 1.86. The zero-order valence-corrected chi connectivity index (χ0v) is 13.1. The first-order valence-electron chi connectivity index (χ1n) is 6.77. The zero-order valence-electron chi connectivity index (χ0n) is 13.1. The van der Waals surface area contributed by atoms with Crippen molar-refractivity contribution in [1.29, 1.82) is 0 Å². The zero-order chi connectivity index (χ0) is 17.0. The molecule has 0 aliphatic rings. The van der Waals surface area contributed by atoms with Crippen molar-refractivity contribution in [1.82, 2.24) is 5.32 Å². The number of carbonyl (C=O) groups excluding carboxylic acids is 2. The molecule has 1 aromatic carbocycles. The van der Waals surface area contributed by atoms with E-state index >= 15 is 0 Å². The van der Waals surface area contributed by atoms with Crippen molar-refractivity contribution in [2.24, 2.45) is 0 Å². The molecular formula is C15H20N2O5. The van der Waals surface area contributed by atoms with Crippen molar-refractivity contribution in [2.75, 3.05) is 0 Å². The highest BCUT2D eigenvalue weighted by Crippen LogP contribution is 2.18. The van der Waals surface area contributed by atoms with E-state index in [2.05, 4.69) is 5.32 Å². The summed E-state index contributed by atoms with van der Waals surface area (Å²) in [6, 6.07) is 8.46. The van der Waals surface area contributed by atoms with Crippen LogP contribution in [-0.2, 0) is 16.0 Å². The minimum absolute atomic E-state index is 0.255. The van der Waals surface area contributed by atoms with E-state index in [1.807, 2.05) is 0 Å². The average Bonchev–Trinajstić information content (AvgIpc) is 2.36. The molecule has 1 rings (SSSR count). The molecule has 120 valence electrons. The molecule has 0 aliphatic carbocycles. The van der Waals surface area contributed by atoms with Crippen LogP contribution < -0.4 is 5.32 Å². The van der Waals surface area contributed by atoms with Gasteiger partial charge in [0.15, 0.2) is 0 Å². The monoisotopic (exact) mass is 308 g/mol. The number of amides is 1. The first-order chi connectivity index (χ1) is 10.1. The van der Waals surface area contributed by atoms with Gasteiger partial charge in [0.25, 0.3) is 0 Å². The molecule has 0 spiro atoms. The third kappa shape index (κ3) is 4.54. The van der Waals surface area contributed by atoms with Gasteiger partial charge in [-0.2, -0.15) is 0 Å². The van der Waals surface area contributed by atoms with Gasteiger partial charge in [-0.05, 0) is 26.3 Å². The summed E-state index contributed by atoms with van der Waals surface area (Å²) in [5.41, 5.74) is -2.51. The summed E-state index contributed by atoms with van der Waals surface area (Å²) in [4.78, 5) is 34.5. The molecule has 1 unspecified atom stereocenters. The second-order valence-corrected chi connectivity index (χ2v) is 5.96. The number of benzene rings is 1. The van der Waals surface area contributed by atoms with Gasteiger partial charge >= 0.3 is 11.8 Å². The Morgan fingerprint density at radius 2 is 1.77 bits per heavy atom. The summed E-state index contributed by atoms with van der Waals surface area (Å²) >= 11 is 0. The molecule has 1 aromatic rings. The maximum Gasteiger partial charge on any atom is 0.413 e. The van der Waals surface area contributed by atoms with Crippen LogP contribution in [0.4, 0.5) is 4.79 Å². The highest BCUT2D eigenvalue weighted by atomic mass is 16.6. The molecule has 0 heterocycles. The normalized spacial score (nSPS) is 13.8. The fourth-order valence-electron chi connectivity index (χ4n) is 1.86. The molecule has 0 bridgehead atoms. The summed E-state index contributed by atoms with van der Waals surface area (Å²) < 4.78 is 5.02. The van der Waals surface area contributed by atoms with Crippen molar-refractivity contribution in [3.8, 4) is 0 Å². The number of rotatable bonds is 5. The van der Waals surface area contributed by atoms with Crippen LogP contribution in [0.5, 0.6) is 0 Å². The number of carbonyl (C=O) groups is 2. The van der Waals surface area contributed by atoms with Gasteiger partial charge in [0, 0.05) is 6.92 Å². The summed E-state index contributed by atoms with van der Waals surface area (Å²) in [7, 11) is 0. The van der Waals surface area contributed by atoms with E-state index in [1.165, 1.54) is 0 Å². The third-order valence-corrected chi connectivity index (χ3v) is 2.90. The highest BCUT2D eigenvalue weighted by Gasteiger charge is 2.50. The van der Waals surface area contributed by atoms with Gasteiger partial charge in [-0.25, -0.2) is 10.1 Å². The van der Waals surface area contributed by atoms with Gasteiger partial charge < -0.3 is 4.74 Å². The molecule has 1 N–H and O–H groups in total. The maximum atomic E-state index is 11.9. The Balaban J connectivity index is 3.09. The topological polar surface area (TPSA) is 98.5 Å². The number of hydrogen-bond acceptors (Lipinski definition) is 5. The number of Topliss-reactive ketones (excluding diaryl/α,β-unsaturated/α-hetero) is 1. The van der Waals surface area contributed by atoms with Crippen LogP contribution in [0.2, 0.25) is 0 Å². The van der Waals surface area contributed by atoms with Crippen LogP contribution in [0.25, 0.3) is 0 Å². The fraction of sp³-hybridized carbons (Fsp3) is 0.467. The molecule has 0 aliphatic heterocycles. The minimum Gasteiger partial charge on any atom is -0.444 e. The van der Waals surface area contributed by atoms with Gasteiger partial charge in [-0.15, -0.1) is 0 Å². The molecular weight excluding hydrogens is 288 g/mol. The molecule has 0 fully saturated rings. The highest BCUT2D eigenvalue weighted by molar-refractivity contribution is 5.88. The van der Waals surface area contributed by atoms with E-state index in [4.69, 9.17) is 4.74 Å². The van der Waals surface area contributed by atoms with E-state index in [1.54, 1.807) is 51.1 Å². The van der Waals surface area contributed by atoms with Gasteiger partial charge in [0.2, 0.25) is 5.78 Å². The predicted molar refractivity (Wildman–Crippen MR) is 79.9 cm³/mol. The Hall–Kier alpha value is -2.44. The lowest BCUT2D eigenvalue weighted by Crippen LogP contribution is -2.61. The number of ketones is 1. The van der Waals surface area contributed by atoms with Crippen LogP contribution in [-0.4, -0.2) is 28.1 Å². The molecule has 7 heteroatoms. The lowest BCUT2D eigenvalue weighted by Gasteiger charge is -2.26. The largest absolute Gasteiger partial charge is 0.444 e. The Kier molecular flexibility index (Phi) is 5.24. The van der Waals surface area contributed by atoms with Gasteiger partial charge in [0.05, 0.1) is 11.3 Å². The quantitative estimate of drug-likeness (QED) is 0.511. The molecule has 22 heavy (non-hydrogen) atoms. The Morgan fingerprint density at radius 1 is 1.23 bits per heavy atom. The minimum atomic E-state index is -2.25. The summed E-state index contributed by atoms with van der Waals surface area (Å²) in [5, 5.41) is 13.6. The molecule has 1 atom stereocenters. The van der Waals surface area contributed by atoms with Crippen molar-refractivity contribution in [3.05, 3.63) is 46.0 Å². The molecule has 0 saturated heterocycles. The third-order valence-electron chi connectivity index (χ3n) is 2.90. The first-order valence-corrected chi connectivity index (χ1v) is 6.77. The molecule has 0 radical (unpaired) electrons. The molecule has 7 nitrogen and oxygen atoms in total. The number of hydrogen-bond donors (Lipinski definition) is 1. The van der Waals surface area contributed by atoms with Crippen LogP contribution >= 0.6 is 0 Å². The van der Waals surface area contributed by atoms with Crippen molar-refractivity contribution < 1.29 is 19.2 Å². The van der Waals surface area contributed by atoms with E-state index in [9.17, 15) is 19.7 Å². The van der Waals surface area contributed by atoms with E-state index in [-0.39, 0.29) is 6.42 Å². The average molecular weight is 308 g/mol. The van der Waals surface area contributed by atoms with Crippen molar-refractivity contribution in [3.63, 3.8) is 0 Å². The predicted octanol–water partition coefficient (Wildman–Crippen LogP) is 2.32. The number of nitro groups is 1. The van der Waals surface area contributed by atoms with Crippen LogP contribution in [0.15, 0.2) is 30.3 Å². The van der Waals surface area contributed by atoms with Crippen molar-refractivity contribution >= 4 is 11.9 Å². The van der Waals surface area contributed by atoms with Gasteiger partial charge in [-0.3, -0.25) is 14.9 Å². The summed E-state index contributed by atoms with van der Waals surface area (Å²) in [6.07, 6.45) is -1.26. The number of alkyl carbamates (subject to hydrolysis) is 1. The standard InChI is InChI=1S/C15H20N2O5/c1-11(18)15(17(20)21,10-12-8-6-5-7-9-12)16-13(19)22-14(2,3)4/h5-9H,10H2,1-4H3,(H,16,19).